The van der Waals surface area contributed by atoms with E-state index in [1.807, 2.05) is 0 Å². The fourth-order valence-corrected chi connectivity index (χ4v) is 1.25. The maximum absolute atomic E-state index is 4.29. The Balaban J connectivity index is 2.17. The normalized spacial score (nSPS) is 31.9. The number of hydrogen-bond acceptors (Lipinski definition) is 1. The van der Waals surface area contributed by atoms with E-state index in [4.69, 9.17) is 0 Å². The second kappa shape index (κ2) is 3.36. The van der Waals surface area contributed by atoms with Crippen LogP contribution in [0.1, 0.15) is 25.7 Å². The van der Waals surface area contributed by atoms with Crippen LogP contribution < -0.4 is 5.32 Å². The van der Waals surface area contributed by atoms with Gasteiger partial charge in [-0.1, -0.05) is 12.8 Å². The average Bonchev–Trinajstić information content (AvgIpc) is 1.94. The lowest BCUT2D eigenvalue weighted by Gasteiger charge is -2.02. The molecule has 1 heterocycles. The van der Waals surface area contributed by atoms with Crippen LogP contribution in [0.5, 0.6) is 0 Å². The summed E-state index contributed by atoms with van der Waals surface area (Å²) in [7, 11) is 0. The third kappa shape index (κ3) is 2.05. The van der Waals surface area contributed by atoms with Crippen molar-refractivity contribution in [3.63, 3.8) is 0 Å². The second-order valence-corrected chi connectivity index (χ2v) is 2.83. The van der Waals surface area contributed by atoms with Crippen LogP contribution in [0.25, 0.3) is 0 Å². The predicted molar refractivity (Wildman–Crippen MR) is 38.2 cm³/mol. The second-order valence-electron chi connectivity index (χ2n) is 2.24. The van der Waals surface area contributed by atoms with Crippen molar-refractivity contribution < 1.29 is 0 Å². The van der Waals surface area contributed by atoms with Crippen molar-refractivity contribution in [2.24, 2.45) is 0 Å². The standard InChI is InChI=1S/C6H12NS/c8-6-4-2-1-3-5-7-6/h6,8H,1-5H2. The van der Waals surface area contributed by atoms with Crippen LogP contribution in [0.15, 0.2) is 0 Å². The maximum Gasteiger partial charge on any atom is 0.0669 e. The molecular weight excluding hydrogens is 118 g/mol. The van der Waals surface area contributed by atoms with Gasteiger partial charge in [-0.25, -0.2) is 5.32 Å². The summed E-state index contributed by atoms with van der Waals surface area (Å²) < 4.78 is 0. The lowest BCUT2D eigenvalue weighted by Crippen LogP contribution is -2.13. The van der Waals surface area contributed by atoms with Gasteiger partial charge in [0.25, 0.3) is 0 Å². The lowest BCUT2D eigenvalue weighted by molar-refractivity contribution is 0.649. The highest BCUT2D eigenvalue weighted by molar-refractivity contribution is 7.80. The van der Waals surface area contributed by atoms with E-state index >= 15 is 0 Å². The molecule has 8 heavy (non-hydrogen) atoms. The van der Waals surface area contributed by atoms with Crippen molar-refractivity contribution in [1.29, 1.82) is 0 Å². The summed E-state index contributed by atoms with van der Waals surface area (Å²) in [6.07, 6.45) is 5.12. The number of hydrogen-bond donors (Lipinski definition) is 1. The molecule has 0 spiro atoms. The zero-order chi connectivity index (χ0) is 5.82. The number of nitrogens with zero attached hydrogens (tertiary/aromatic N) is 1. The highest BCUT2D eigenvalue weighted by Gasteiger charge is 2.05. The summed E-state index contributed by atoms with van der Waals surface area (Å²) in [5.74, 6) is 0. The third-order valence-corrected chi connectivity index (χ3v) is 1.88. The summed E-state index contributed by atoms with van der Waals surface area (Å²) in [6.45, 7) is 1.04. The molecular formula is C6H12NS. The van der Waals surface area contributed by atoms with Crippen LogP contribution in [0.4, 0.5) is 0 Å². The predicted octanol–water partition coefficient (Wildman–Crippen LogP) is 1.42. The SMILES string of the molecule is SC1CCCCC[N]1. The average molecular weight is 130 g/mol. The molecule has 0 amide bonds. The first-order valence-corrected chi connectivity index (χ1v) is 3.76. The van der Waals surface area contributed by atoms with E-state index in [0.717, 1.165) is 6.54 Å². The van der Waals surface area contributed by atoms with Gasteiger partial charge in [0, 0.05) is 6.54 Å². The summed E-state index contributed by atoms with van der Waals surface area (Å²) in [5, 5.41) is 4.63. The Kier molecular flexibility index (Phi) is 2.70. The van der Waals surface area contributed by atoms with E-state index in [0.29, 0.717) is 5.37 Å². The Hall–Kier alpha value is 0.310. The van der Waals surface area contributed by atoms with E-state index in [9.17, 15) is 0 Å². The molecule has 1 fully saturated rings. The Morgan fingerprint density at radius 3 is 3.00 bits per heavy atom. The maximum atomic E-state index is 4.29. The van der Waals surface area contributed by atoms with Gasteiger partial charge in [0.2, 0.25) is 0 Å². The van der Waals surface area contributed by atoms with Crippen molar-refractivity contribution in [3.05, 3.63) is 0 Å². The van der Waals surface area contributed by atoms with Gasteiger partial charge in [0.15, 0.2) is 0 Å². The molecule has 0 aromatic carbocycles. The molecule has 1 nitrogen and oxygen atoms in total. The molecule has 1 saturated heterocycles. The van der Waals surface area contributed by atoms with E-state index in [-0.39, 0.29) is 0 Å². The molecule has 47 valence electrons. The summed E-state index contributed by atoms with van der Waals surface area (Å²) >= 11 is 4.26. The molecule has 0 aromatic heterocycles. The van der Waals surface area contributed by atoms with Gasteiger partial charge in [-0.05, 0) is 12.8 Å². The van der Waals surface area contributed by atoms with Crippen molar-refractivity contribution in [1.82, 2.24) is 5.32 Å². The summed E-state index contributed by atoms with van der Waals surface area (Å²) in [6, 6.07) is 0. The largest absolute Gasteiger partial charge is 0.228 e. The van der Waals surface area contributed by atoms with Gasteiger partial charge in [-0.15, -0.1) is 0 Å². The van der Waals surface area contributed by atoms with Gasteiger partial charge in [0.05, 0.1) is 5.37 Å². The highest BCUT2D eigenvalue weighted by Crippen LogP contribution is 2.11. The van der Waals surface area contributed by atoms with E-state index < -0.39 is 0 Å². The van der Waals surface area contributed by atoms with Crippen LogP contribution in [-0.2, 0) is 0 Å². The smallest absolute Gasteiger partial charge is 0.0669 e. The molecule has 1 aliphatic heterocycles. The molecule has 0 aromatic rings. The molecule has 2 heteroatoms. The van der Waals surface area contributed by atoms with Crippen LogP contribution >= 0.6 is 12.6 Å². The fraction of sp³-hybridized carbons (Fsp3) is 1.00. The Morgan fingerprint density at radius 1 is 1.25 bits per heavy atom. The molecule has 0 bridgehead atoms. The molecule has 0 N–H and O–H groups in total. The number of thiol groups is 1. The topological polar surface area (TPSA) is 14.1 Å². The van der Waals surface area contributed by atoms with E-state index in [1.54, 1.807) is 0 Å². The quantitative estimate of drug-likeness (QED) is 0.477. The highest BCUT2D eigenvalue weighted by atomic mass is 32.1. The first-order chi connectivity index (χ1) is 3.89. The Morgan fingerprint density at radius 2 is 2.12 bits per heavy atom. The van der Waals surface area contributed by atoms with Crippen LogP contribution in [-0.4, -0.2) is 11.9 Å². The summed E-state index contributed by atoms with van der Waals surface area (Å²) in [4.78, 5) is 0. The molecule has 0 aliphatic carbocycles. The minimum atomic E-state index is 0.345. The molecule has 1 aliphatic rings. The molecule has 0 saturated carbocycles. The Bertz CT molecular complexity index is 57.5. The van der Waals surface area contributed by atoms with E-state index in [2.05, 4.69) is 17.9 Å². The monoisotopic (exact) mass is 130 g/mol. The third-order valence-electron chi connectivity index (χ3n) is 1.46. The zero-order valence-corrected chi connectivity index (χ0v) is 5.90. The van der Waals surface area contributed by atoms with Crippen LogP contribution in [0.2, 0.25) is 0 Å². The van der Waals surface area contributed by atoms with Gasteiger partial charge in [-0.3, -0.25) is 0 Å². The number of rotatable bonds is 0. The van der Waals surface area contributed by atoms with E-state index in [1.165, 1.54) is 25.7 Å². The van der Waals surface area contributed by atoms with Gasteiger partial charge in [0.1, 0.15) is 0 Å². The lowest BCUT2D eigenvalue weighted by atomic mass is 10.2. The van der Waals surface area contributed by atoms with Crippen molar-refractivity contribution in [2.45, 2.75) is 31.1 Å². The molecule has 1 unspecified atom stereocenters. The first kappa shape index (κ1) is 6.43. The Labute approximate surface area is 56.3 Å². The van der Waals surface area contributed by atoms with Gasteiger partial charge >= 0.3 is 0 Å². The minimum Gasteiger partial charge on any atom is -0.228 e. The fourth-order valence-electron chi connectivity index (χ4n) is 0.947. The van der Waals surface area contributed by atoms with Gasteiger partial charge < -0.3 is 0 Å². The van der Waals surface area contributed by atoms with Crippen LogP contribution in [0.3, 0.4) is 0 Å². The molecule has 1 rings (SSSR count). The molecule has 1 atom stereocenters. The summed E-state index contributed by atoms with van der Waals surface area (Å²) in [5.41, 5.74) is 0. The van der Waals surface area contributed by atoms with Crippen molar-refractivity contribution in [2.75, 3.05) is 6.54 Å². The zero-order valence-electron chi connectivity index (χ0n) is 5.01. The van der Waals surface area contributed by atoms with Crippen molar-refractivity contribution in [3.8, 4) is 0 Å². The van der Waals surface area contributed by atoms with Gasteiger partial charge in [-0.2, -0.15) is 12.6 Å². The molecule has 1 radical (unpaired) electrons. The van der Waals surface area contributed by atoms with Crippen molar-refractivity contribution >= 4 is 12.6 Å². The van der Waals surface area contributed by atoms with Crippen LogP contribution in [0, 0.1) is 0 Å². The minimum absolute atomic E-state index is 0.345. The first-order valence-electron chi connectivity index (χ1n) is 3.24.